The van der Waals surface area contributed by atoms with Crippen LogP contribution in [0.5, 0.6) is 0 Å². The van der Waals surface area contributed by atoms with Crippen LogP contribution in [0.1, 0.15) is 48.0 Å². The number of aromatic nitrogens is 2. The van der Waals surface area contributed by atoms with Crippen LogP contribution in [0.25, 0.3) is 10.9 Å². The lowest BCUT2D eigenvalue weighted by molar-refractivity contribution is -0.948. The SMILES string of the molecule is NC(=O)C1([NH+]2CCCCC2)CCN(C(=O)c2ccc(CNc3nc(=S)[nH]c4ccccc34)cc2)CC1. The highest BCUT2D eigenvalue weighted by Gasteiger charge is 2.49. The van der Waals surface area contributed by atoms with Crippen molar-refractivity contribution in [3.05, 3.63) is 64.4 Å². The third kappa shape index (κ3) is 4.85. The van der Waals surface area contributed by atoms with Crippen molar-refractivity contribution in [2.24, 2.45) is 5.73 Å². The number of H-pyrrole nitrogens is 1. The van der Waals surface area contributed by atoms with Gasteiger partial charge in [-0.15, -0.1) is 0 Å². The molecule has 5 N–H and O–H groups in total. The molecular weight excluding hydrogens is 472 g/mol. The molecule has 9 heteroatoms. The van der Waals surface area contributed by atoms with Crippen molar-refractivity contribution in [2.75, 3.05) is 31.5 Å². The molecule has 2 aliphatic heterocycles. The minimum Gasteiger partial charge on any atom is -0.365 e. The van der Waals surface area contributed by atoms with Gasteiger partial charge in [-0.1, -0.05) is 24.3 Å². The number of hydrogen-bond acceptors (Lipinski definition) is 5. The first-order chi connectivity index (χ1) is 17.5. The minimum absolute atomic E-state index is 0.00299. The maximum Gasteiger partial charge on any atom is 0.278 e. The van der Waals surface area contributed by atoms with Gasteiger partial charge in [-0.3, -0.25) is 9.59 Å². The highest BCUT2D eigenvalue weighted by Crippen LogP contribution is 2.23. The summed E-state index contributed by atoms with van der Waals surface area (Å²) in [6.45, 7) is 3.66. The van der Waals surface area contributed by atoms with E-state index < -0.39 is 5.54 Å². The number of carbonyl (C=O) groups is 2. The molecule has 0 spiro atoms. The number of fused-ring (bicyclic) bond motifs is 1. The Bertz CT molecular complexity index is 1310. The molecule has 5 rings (SSSR count). The number of quaternary nitrogens is 1. The number of carbonyl (C=O) groups excluding carboxylic acids is 2. The largest absolute Gasteiger partial charge is 0.365 e. The molecule has 2 aromatic carbocycles. The second kappa shape index (κ2) is 10.4. The second-order valence-corrected chi connectivity index (χ2v) is 10.3. The monoisotopic (exact) mass is 505 g/mol. The summed E-state index contributed by atoms with van der Waals surface area (Å²) in [7, 11) is 0. The summed E-state index contributed by atoms with van der Waals surface area (Å²) in [6, 6.07) is 15.5. The van der Waals surface area contributed by atoms with E-state index in [0.29, 0.717) is 42.8 Å². The van der Waals surface area contributed by atoms with E-state index in [1.807, 2.05) is 53.4 Å². The van der Waals surface area contributed by atoms with Gasteiger partial charge in [0.25, 0.3) is 11.8 Å². The summed E-state index contributed by atoms with van der Waals surface area (Å²) in [5, 5.41) is 4.34. The van der Waals surface area contributed by atoms with Gasteiger partial charge in [0.1, 0.15) is 5.82 Å². The lowest BCUT2D eigenvalue weighted by Gasteiger charge is -2.45. The Morgan fingerprint density at radius 1 is 1.06 bits per heavy atom. The lowest BCUT2D eigenvalue weighted by atomic mass is 9.83. The van der Waals surface area contributed by atoms with E-state index in [1.54, 1.807) is 0 Å². The highest BCUT2D eigenvalue weighted by molar-refractivity contribution is 7.71. The van der Waals surface area contributed by atoms with Crippen LogP contribution < -0.4 is 16.0 Å². The topological polar surface area (TPSA) is 109 Å². The number of para-hydroxylation sites is 1. The van der Waals surface area contributed by atoms with Crippen molar-refractivity contribution in [3.63, 3.8) is 0 Å². The maximum atomic E-state index is 13.2. The van der Waals surface area contributed by atoms with E-state index in [1.165, 1.54) is 11.3 Å². The number of nitrogens with two attached hydrogens (primary N) is 1. The standard InChI is InChI=1S/C27H32N6O2S/c28-25(35)27(33-14-4-1-5-15-33)12-16-32(17-13-27)24(34)20-10-8-19(9-11-20)18-29-23-21-6-2-3-7-22(21)30-26(36)31-23/h2-3,6-11H,1,4-5,12-18H2,(H2,28,35)(H2,29,30,31,36)/p+1. The fourth-order valence-electron chi connectivity index (χ4n) is 5.69. The summed E-state index contributed by atoms with van der Waals surface area (Å²) in [5.74, 6) is 0.518. The Hall–Kier alpha value is -3.30. The predicted molar refractivity (Wildman–Crippen MR) is 142 cm³/mol. The Morgan fingerprint density at radius 3 is 2.44 bits per heavy atom. The minimum atomic E-state index is -0.537. The predicted octanol–water partition coefficient (Wildman–Crippen LogP) is 2.43. The van der Waals surface area contributed by atoms with Gasteiger partial charge in [0.2, 0.25) is 0 Å². The number of hydrogen-bond donors (Lipinski definition) is 4. The molecule has 0 saturated carbocycles. The summed E-state index contributed by atoms with van der Waals surface area (Å²) < 4.78 is 0.431. The molecule has 2 aliphatic rings. The first-order valence-electron chi connectivity index (χ1n) is 12.7. The summed E-state index contributed by atoms with van der Waals surface area (Å²) in [6.07, 6.45) is 4.76. The van der Waals surface area contributed by atoms with Gasteiger partial charge in [-0.05, 0) is 61.3 Å². The highest BCUT2D eigenvalue weighted by atomic mass is 32.1. The average molecular weight is 506 g/mol. The molecule has 1 aromatic heterocycles. The van der Waals surface area contributed by atoms with Crippen molar-refractivity contribution in [2.45, 2.75) is 44.2 Å². The quantitative estimate of drug-likeness (QED) is 0.385. The fourth-order valence-corrected chi connectivity index (χ4v) is 5.90. The Morgan fingerprint density at radius 2 is 1.75 bits per heavy atom. The maximum absolute atomic E-state index is 13.2. The number of piperidine rings is 2. The van der Waals surface area contributed by atoms with Crippen LogP contribution in [-0.4, -0.2) is 58.4 Å². The van der Waals surface area contributed by atoms with Crippen LogP contribution in [0.15, 0.2) is 48.5 Å². The molecule has 2 fully saturated rings. The summed E-state index contributed by atoms with van der Waals surface area (Å²) in [5.41, 5.74) is 8.00. The summed E-state index contributed by atoms with van der Waals surface area (Å²) in [4.78, 5) is 36.4. The number of nitrogens with one attached hydrogen (secondary N) is 3. The van der Waals surface area contributed by atoms with Crippen LogP contribution in [0.3, 0.4) is 0 Å². The number of benzene rings is 2. The molecule has 3 heterocycles. The second-order valence-electron chi connectivity index (χ2n) is 9.89. The molecule has 2 saturated heterocycles. The average Bonchev–Trinajstić information content (AvgIpc) is 2.92. The van der Waals surface area contributed by atoms with Crippen LogP contribution in [-0.2, 0) is 11.3 Å². The summed E-state index contributed by atoms with van der Waals surface area (Å²) >= 11 is 5.26. The smallest absolute Gasteiger partial charge is 0.278 e. The molecule has 3 aromatic rings. The Balaban J connectivity index is 1.22. The van der Waals surface area contributed by atoms with Gasteiger partial charge in [0.15, 0.2) is 10.3 Å². The third-order valence-electron chi connectivity index (χ3n) is 7.81. The van der Waals surface area contributed by atoms with Crippen molar-refractivity contribution in [3.8, 4) is 0 Å². The number of rotatable bonds is 6. The van der Waals surface area contributed by atoms with Gasteiger partial charge in [-0.25, -0.2) is 4.98 Å². The van der Waals surface area contributed by atoms with E-state index in [2.05, 4.69) is 15.3 Å². The van der Waals surface area contributed by atoms with E-state index >= 15 is 0 Å². The molecule has 188 valence electrons. The first kappa shape index (κ1) is 24.4. The molecule has 0 unspecified atom stereocenters. The van der Waals surface area contributed by atoms with Crippen LogP contribution >= 0.6 is 12.2 Å². The van der Waals surface area contributed by atoms with Crippen LogP contribution in [0, 0.1) is 4.77 Å². The van der Waals surface area contributed by atoms with Gasteiger partial charge in [0.05, 0.1) is 18.6 Å². The lowest BCUT2D eigenvalue weighted by Crippen LogP contribution is -3.22. The molecular formula is C27H33N6O2S+. The van der Waals surface area contributed by atoms with Crippen LogP contribution in [0.2, 0.25) is 0 Å². The molecule has 0 aliphatic carbocycles. The first-order valence-corrected chi connectivity index (χ1v) is 13.1. The van der Waals surface area contributed by atoms with Gasteiger partial charge in [0, 0.05) is 43.4 Å². The van der Waals surface area contributed by atoms with E-state index in [-0.39, 0.29) is 11.8 Å². The van der Waals surface area contributed by atoms with E-state index in [9.17, 15) is 9.59 Å². The van der Waals surface area contributed by atoms with Crippen molar-refractivity contribution >= 4 is 40.8 Å². The van der Waals surface area contributed by atoms with Gasteiger partial charge >= 0.3 is 0 Å². The zero-order valence-corrected chi connectivity index (χ0v) is 21.2. The van der Waals surface area contributed by atoms with Gasteiger partial charge in [-0.2, -0.15) is 0 Å². The number of likely N-dealkylation sites (tertiary alicyclic amines) is 2. The van der Waals surface area contributed by atoms with Crippen LogP contribution in [0.4, 0.5) is 5.82 Å². The molecule has 36 heavy (non-hydrogen) atoms. The number of anilines is 1. The normalized spacial score (nSPS) is 18.2. The molecule has 0 atom stereocenters. The zero-order chi connectivity index (χ0) is 25.1. The number of nitrogens with zero attached hydrogens (tertiary/aromatic N) is 2. The fraction of sp³-hybridized carbons (Fsp3) is 0.407. The Kier molecular flexibility index (Phi) is 7.02. The van der Waals surface area contributed by atoms with E-state index in [0.717, 1.165) is 48.2 Å². The molecule has 8 nitrogen and oxygen atoms in total. The number of amides is 2. The van der Waals surface area contributed by atoms with Crippen molar-refractivity contribution in [1.82, 2.24) is 14.9 Å². The number of aromatic amines is 1. The van der Waals surface area contributed by atoms with E-state index in [4.69, 9.17) is 18.0 Å². The van der Waals surface area contributed by atoms with Crippen molar-refractivity contribution < 1.29 is 14.5 Å². The van der Waals surface area contributed by atoms with Gasteiger partial charge < -0.3 is 25.8 Å². The zero-order valence-electron chi connectivity index (χ0n) is 20.4. The number of primary amides is 1. The Labute approximate surface area is 215 Å². The third-order valence-corrected chi connectivity index (χ3v) is 8.00. The molecule has 2 amide bonds. The van der Waals surface area contributed by atoms with Crippen molar-refractivity contribution in [1.29, 1.82) is 0 Å². The molecule has 0 radical (unpaired) electrons. The molecule has 0 bridgehead atoms.